The van der Waals surface area contributed by atoms with Crippen molar-refractivity contribution in [2.75, 3.05) is 0 Å². The van der Waals surface area contributed by atoms with Crippen LogP contribution in [0.1, 0.15) is 66.2 Å². The molecule has 0 radical (unpaired) electrons. The van der Waals surface area contributed by atoms with E-state index in [4.69, 9.17) is 0 Å². The fourth-order valence-corrected chi connectivity index (χ4v) is 2.39. The number of hydrogen-bond donors (Lipinski definition) is 0. The molecule has 0 aliphatic heterocycles. The van der Waals surface area contributed by atoms with E-state index in [-0.39, 0.29) is 0 Å². The van der Waals surface area contributed by atoms with Crippen LogP contribution in [0, 0.1) is 23.7 Å². The summed E-state index contributed by atoms with van der Waals surface area (Å²) >= 11 is 0. The van der Waals surface area contributed by atoms with Crippen LogP contribution in [0.2, 0.25) is 0 Å². The first-order chi connectivity index (χ1) is 6.61. The lowest BCUT2D eigenvalue weighted by molar-refractivity contribution is 0.396. The predicted molar refractivity (Wildman–Crippen MR) is 64.4 cm³/mol. The van der Waals surface area contributed by atoms with E-state index < -0.39 is 0 Å². The molecule has 0 aromatic rings. The van der Waals surface area contributed by atoms with E-state index in [1.54, 1.807) is 0 Å². The minimum Gasteiger partial charge on any atom is -0.0625 e. The summed E-state index contributed by atoms with van der Waals surface area (Å²) in [5.74, 6) is 4.07. The van der Waals surface area contributed by atoms with Crippen LogP contribution in [0.5, 0.6) is 0 Å². The van der Waals surface area contributed by atoms with E-state index in [1.807, 2.05) is 0 Å². The van der Waals surface area contributed by atoms with Gasteiger partial charge in [0.1, 0.15) is 0 Å². The zero-order valence-corrected chi connectivity index (χ0v) is 10.6. The monoisotopic (exact) mass is 196 g/mol. The maximum atomic E-state index is 2.34. The highest BCUT2D eigenvalue weighted by atomic mass is 14.3. The molecule has 2 saturated carbocycles. The highest BCUT2D eigenvalue weighted by Gasteiger charge is 2.23. The summed E-state index contributed by atoms with van der Waals surface area (Å²) in [6.07, 6.45) is 8.97. The zero-order valence-electron chi connectivity index (χ0n) is 10.6. The lowest BCUT2D eigenvalue weighted by Crippen LogP contribution is -2.01. The van der Waals surface area contributed by atoms with Gasteiger partial charge in [-0.15, -0.1) is 0 Å². The third-order valence-electron chi connectivity index (χ3n) is 3.91. The maximum Gasteiger partial charge on any atom is -0.0391 e. The minimum absolute atomic E-state index is 0.942. The molecule has 0 aromatic heterocycles. The first-order valence-electron chi connectivity index (χ1n) is 6.61. The molecule has 0 atom stereocenters. The summed E-state index contributed by atoms with van der Waals surface area (Å²) in [7, 11) is 0. The smallest absolute Gasteiger partial charge is 0.0391 e. The first kappa shape index (κ1) is 12.1. The average Bonchev–Trinajstić information content (AvgIpc) is 2.82. The Hall–Kier alpha value is 0. The molecule has 84 valence electrons. The van der Waals surface area contributed by atoms with Crippen LogP contribution in [0.25, 0.3) is 0 Å². The SMILES string of the molecule is CC(C)C1CC1.CC(C)C1CCCC1. The summed E-state index contributed by atoms with van der Waals surface area (Å²) in [5.41, 5.74) is 0. The molecule has 2 aliphatic rings. The molecular formula is C14H28. The summed E-state index contributed by atoms with van der Waals surface area (Å²) in [6, 6.07) is 0. The molecule has 0 amide bonds. The van der Waals surface area contributed by atoms with E-state index in [9.17, 15) is 0 Å². The largest absolute Gasteiger partial charge is 0.0625 e. The highest BCUT2D eigenvalue weighted by Crippen LogP contribution is 2.35. The molecule has 0 spiro atoms. The van der Waals surface area contributed by atoms with Gasteiger partial charge in [-0.3, -0.25) is 0 Å². The van der Waals surface area contributed by atoms with Gasteiger partial charge in [-0.2, -0.15) is 0 Å². The van der Waals surface area contributed by atoms with Gasteiger partial charge in [0.25, 0.3) is 0 Å². The van der Waals surface area contributed by atoms with Crippen molar-refractivity contribution in [1.82, 2.24) is 0 Å². The topological polar surface area (TPSA) is 0 Å². The standard InChI is InChI=1S/C8H16.C6H12/c1-7(2)8-5-3-4-6-8;1-5(2)6-3-4-6/h7-8H,3-6H2,1-2H3;5-6H,3-4H2,1-2H3. The second-order valence-electron chi connectivity index (χ2n) is 5.87. The zero-order chi connectivity index (χ0) is 10.6. The Morgan fingerprint density at radius 2 is 1.00 bits per heavy atom. The average molecular weight is 196 g/mol. The number of hydrogen-bond acceptors (Lipinski definition) is 0. The lowest BCUT2D eigenvalue weighted by Gasteiger charge is -2.11. The first-order valence-corrected chi connectivity index (χ1v) is 6.61. The van der Waals surface area contributed by atoms with E-state index in [2.05, 4.69) is 27.7 Å². The van der Waals surface area contributed by atoms with Crippen LogP contribution in [-0.2, 0) is 0 Å². The Bertz CT molecular complexity index is 136. The van der Waals surface area contributed by atoms with Crippen molar-refractivity contribution in [3.05, 3.63) is 0 Å². The van der Waals surface area contributed by atoms with Crippen molar-refractivity contribution in [2.24, 2.45) is 23.7 Å². The van der Waals surface area contributed by atoms with Crippen LogP contribution < -0.4 is 0 Å². The van der Waals surface area contributed by atoms with Crippen molar-refractivity contribution >= 4 is 0 Å². The van der Waals surface area contributed by atoms with Crippen molar-refractivity contribution < 1.29 is 0 Å². The fraction of sp³-hybridized carbons (Fsp3) is 1.00. The summed E-state index contributed by atoms with van der Waals surface area (Å²) < 4.78 is 0. The van der Waals surface area contributed by atoms with E-state index >= 15 is 0 Å². The van der Waals surface area contributed by atoms with Crippen molar-refractivity contribution in [2.45, 2.75) is 66.2 Å². The molecule has 0 nitrogen and oxygen atoms in total. The minimum atomic E-state index is 0.942. The van der Waals surface area contributed by atoms with Gasteiger partial charge in [0.15, 0.2) is 0 Å². The van der Waals surface area contributed by atoms with Crippen LogP contribution in [0.3, 0.4) is 0 Å². The molecule has 0 heterocycles. The molecule has 0 unspecified atom stereocenters. The second-order valence-corrected chi connectivity index (χ2v) is 5.87. The van der Waals surface area contributed by atoms with Crippen molar-refractivity contribution in [3.8, 4) is 0 Å². The maximum absolute atomic E-state index is 2.34. The molecule has 2 fully saturated rings. The lowest BCUT2D eigenvalue weighted by atomic mass is 9.95. The van der Waals surface area contributed by atoms with Crippen molar-refractivity contribution in [3.63, 3.8) is 0 Å². The Balaban J connectivity index is 0.000000146. The van der Waals surface area contributed by atoms with Crippen molar-refractivity contribution in [1.29, 1.82) is 0 Å². The molecule has 0 N–H and O–H groups in total. The molecular weight excluding hydrogens is 168 g/mol. The Morgan fingerprint density at radius 1 is 0.643 bits per heavy atom. The van der Waals surface area contributed by atoms with Crippen LogP contribution in [-0.4, -0.2) is 0 Å². The molecule has 0 saturated heterocycles. The van der Waals surface area contributed by atoms with Crippen LogP contribution in [0.4, 0.5) is 0 Å². The summed E-state index contributed by atoms with van der Waals surface area (Å²) in [5, 5.41) is 0. The van der Waals surface area contributed by atoms with Gasteiger partial charge >= 0.3 is 0 Å². The van der Waals surface area contributed by atoms with Gasteiger partial charge in [0, 0.05) is 0 Å². The van der Waals surface area contributed by atoms with E-state index in [0.717, 1.165) is 23.7 Å². The molecule has 0 heteroatoms. The van der Waals surface area contributed by atoms with Crippen LogP contribution in [0.15, 0.2) is 0 Å². The Labute approximate surface area is 90.5 Å². The second kappa shape index (κ2) is 5.78. The normalized spacial score (nSPS) is 22.7. The fourth-order valence-electron chi connectivity index (χ4n) is 2.39. The van der Waals surface area contributed by atoms with Gasteiger partial charge in [0.2, 0.25) is 0 Å². The van der Waals surface area contributed by atoms with E-state index in [0.29, 0.717) is 0 Å². The Kier molecular flexibility index (Phi) is 4.98. The Morgan fingerprint density at radius 3 is 1.14 bits per heavy atom. The summed E-state index contributed by atoms with van der Waals surface area (Å²) in [4.78, 5) is 0. The van der Waals surface area contributed by atoms with Gasteiger partial charge in [-0.1, -0.05) is 53.4 Å². The molecule has 0 bridgehead atoms. The predicted octanol–water partition coefficient (Wildman–Crippen LogP) is 4.89. The summed E-state index contributed by atoms with van der Waals surface area (Å²) in [6.45, 7) is 9.29. The number of rotatable bonds is 2. The van der Waals surface area contributed by atoms with Gasteiger partial charge < -0.3 is 0 Å². The van der Waals surface area contributed by atoms with E-state index in [1.165, 1.54) is 38.5 Å². The third kappa shape index (κ3) is 4.48. The molecule has 2 aliphatic carbocycles. The molecule has 2 rings (SSSR count). The third-order valence-corrected chi connectivity index (χ3v) is 3.91. The quantitative estimate of drug-likeness (QED) is 0.590. The van der Waals surface area contributed by atoms with Gasteiger partial charge in [-0.05, 0) is 36.5 Å². The highest BCUT2D eigenvalue weighted by molar-refractivity contribution is 4.75. The van der Waals surface area contributed by atoms with Gasteiger partial charge in [-0.25, -0.2) is 0 Å². The molecule has 14 heavy (non-hydrogen) atoms. The molecule has 0 aromatic carbocycles. The van der Waals surface area contributed by atoms with Crippen LogP contribution >= 0.6 is 0 Å². The van der Waals surface area contributed by atoms with Gasteiger partial charge in [0.05, 0.1) is 0 Å².